The lowest BCUT2D eigenvalue weighted by Gasteiger charge is -2.21. The molecular weight excluding hydrogens is 290 g/mol. The van der Waals surface area contributed by atoms with Gasteiger partial charge in [0.15, 0.2) is 0 Å². The monoisotopic (exact) mass is 315 g/mol. The fourth-order valence-corrected chi connectivity index (χ4v) is 3.38. The van der Waals surface area contributed by atoms with Gasteiger partial charge in [-0.1, -0.05) is 0 Å². The average molecular weight is 315 g/mol. The molecule has 6 nitrogen and oxygen atoms in total. The standard InChI is InChI=1S/C17H25N5O/c1-21-12-18-10-14(21)4-7-19-15-6-9-23-17(15)16-5-8-20-22(16)11-13-2-3-13/h5,8,10,12-13,15,17,19H,2-4,6-7,9,11H2,1H3/t15-,17-/m0/s1. The Bertz CT molecular complexity index is 645. The molecule has 2 aromatic rings. The molecule has 0 spiro atoms. The highest BCUT2D eigenvalue weighted by Gasteiger charge is 2.33. The van der Waals surface area contributed by atoms with E-state index in [0.29, 0.717) is 6.04 Å². The van der Waals surface area contributed by atoms with Crippen LogP contribution in [0.3, 0.4) is 0 Å². The molecule has 0 radical (unpaired) electrons. The number of hydrogen-bond donors (Lipinski definition) is 1. The van der Waals surface area contributed by atoms with Gasteiger partial charge in [0.2, 0.25) is 0 Å². The van der Waals surface area contributed by atoms with Gasteiger partial charge in [-0.25, -0.2) is 4.98 Å². The maximum Gasteiger partial charge on any atom is 0.114 e. The van der Waals surface area contributed by atoms with Crippen molar-refractivity contribution in [3.8, 4) is 0 Å². The molecule has 1 aliphatic carbocycles. The molecule has 23 heavy (non-hydrogen) atoms. The van der Waals surface area contributed by atoms with E-state index in [1.807, 2.05) is 25.8 Å². The largest absolute Gasteiger partial charge is 0.370 e. The molecule has 1 aliphatic heterocycles. The lowest BCUT2D eigenvalue weighted by Crippen LogP contribution is -2.34. The summed E-state index contributed by atoms with van der Waals surface area (Å²) in [6, 6.07) is 2.49. The number of aryl methyl sites for hydroxylation is 1. The van der Waals surface area contributed by atoms with E-state index in [0.717, 1.165) is 38.5 Å². The fourth-order valence-electron chi connectivity index (χ4n) is 3.38. The van der Waals surface area contributed by atoms with E-state index in [1.165, 1.54) is 24.2 Å². The van der Waals surface area contributed by atoms with Gasteiger partial charge in [-0.2, -0.15) is 5.10 Å². The Hall–Kier alpha value is -1.66. The van der Waals surface area contributed by atoms with Crippen LogP contribution in [0.2, 0.25) is 0 Å². The van der Waals surface area contributed by atoms with Gasteiger partial charge in [-0.15, -0.1) is 0 Å². The number of rotatable bonds is 7. The van der Waals surface area contributed by atoms with E-state index in [1.54, 1.807) is 0 Å². The zero-order chi connectivity index (χ0) is 15.6. The van der Waals surface area contributed by atoms with Crippen molar-refractivity contribution in [2.24, 2.45) is 13.0 Å². The zero-order valence-electron chi connectivity index (χ0n) is 13.7. The van der Waals surface area contributed by atoms with Crippen LogP contribution in [0.4, 0.5) is 0 Å². The number of imidazole rings is 1. The molecule has 0 unspecified atom stereocenters. The van der Waals surface area contributed by atoms with Crippen molar-refractivity contribution in [1.29, 1.82) is 0 Å². The number of nitrogens with one attached hydrogen (secondary N) is 1. The van der Waals surface area contributed by atoms with Crippen molar-refractivity contribution in [2.45, 2.75) is 44.4 Å². The second kappa shape index (κ2) is 6.45. The molecule has 6 heteroatoms. The zero-order valence-corrected chi connectivity index (χ0v) is 13.7. The van der Waals surface area contributed by atoms with E-state index in [4.69, 9.17) is 4.74 Å². The van der Waals surface area contributed by atoms with Gasteiger partial charge in [0.25, 0.3) is 0 Å². The second-order valence-corrected chi connectivity index (χ2v) is 6.77. The third kappa shape index (κ3) is 3.33. The first-order chi connectivity index (χ1) is 11.3. The predicted octanol–water partition coefficient (Wildman–Crippen LogP) is 1.69. The van der Waals surface area contributed by atoms with Crippen molar-refractivity contribution in [1.82, 2.24) is 24.6 Å². The van der Waals surface area contributed by atoms with E-state index in [2.05, 4.69) is 30.7 Å². The molecule has 2 atom stereocenters. The number of ether oxygens (including phenoxy) is 1. The Kier molecular flexibility index (Phi) is 4.18. The fraction of sp³-hybridized carbons (Fsp3) is 0.647. The molecule has 124 valence electrons. The summed E-state index contributed by atoms with van der Waals surface area (Å²) in [5.41, 5.74) is 2.49. The molecule has 4 rings (SSSR count). The predicted molar refractivity (Wildman–Crippen MR) is 87.0 cm³/mol. The molecule has 1 N–H and O–H groups in total. The maximum atomic E-state index is 6.02. The number of nitrogens with zero attached hydrogens (tertiary/aromatic N) is 4. The average Bonchev–Trinajstić information content (AvgIpc) is 2.91. The molecule has 2 fully saturated rings. The van der Waals surface area contributed by atoms with E-state index in [9.17, 15) is 0 Å². The van der Waals surface area contributed by atoms with Crippen LogP contribution in [-0.2, 0) is 24.8 Å². The molecule has 2 aromatic heterocycles. The highest BCUT2D eigenvalue weighted by atomic mass is 16.5. The SMILES string of the molecule is Cn1cncc1CCN[C@H]1CCO[C@@H]1c1ccnn1CC1CC1. The van der Waals surface area contributed by atoms with Crippen molar-refractivity contribution in [3.05, 3.63) is 36.2 Å². The summed E-state index contributed by atoms with van der Waals surface area (Å²) < 4.78 is 10.3. The minimum absolute atomic E-state index is 0.128. The van der Waals surface area contributed by atoms with Crippen LogP contribution in [0.25, 0.3) is 0 Å². The van der Waals surface area contributed by atoms with Gasteiger partial charge in [-0.3, -0.25) is 4.68 Å². The van der Waals surface area contributed by atoms with Crippen molar-refractivity contribution in [2.75, 3.05) is 13.2 Å². The van der Waals surface area contributed by atoms with E-state index >= 15 is 0 Å². The smallest absolute Gasteiger partial charge is 0.114 e. The third-order valence-electron chi connectivity index (χ3n) is 4.96. The minimum Gasteiger partial charge on any atom is -0.370 e. The third-order valence-corrected chi connectivity index (χ3v) is 4.96. The Morgan fingerprint density at radius 1 is 1.35 bits per heavy atom. The molecule has 2 aliphatic rings. The summed E-state index contributed by atoms with van der Waals surface area (Å²) in [5.74, 6) is 0.825. The van der Waals surface area contributed by atoms with Gasteiger partial charge in [0.1, 0.15) is 6.10 Å². The Labute approximate surface area is 136 Å². The van der Waals surface area contributed by atoms with E-state index in [-0.39, 0.29) is 6.10 Å². The second-order valence-electron chi connectivity index (χ2n) is 6.77. The van der Waals surface area contributed by atoms with Gasteiger partial charge in [0.05, 0.1) is 12.0 Å². The van der Waals surface area contributed by atoms with Crippen molar-refractivity contribution in [3.63, 3.8) is 0 Å². The Morgan fingerprint density at radius 3 is 3.04 bits per heavy atom. The Balaban J connectivity index is 1.36. The molecule has 0 aromatic carbocycles. The highest BCUT2D eigenvalue weighted by Crippen LogP contribution is 2.34. The van der Waals surface area contributed by atoms with Gasteiger partial charge in [0, 0.05) is 57.3 Å². The van der Waals surface area contributed by atoms with Crippen LogP contribution in [0.15, 0.2) is 24.8 Å². The van der Waals surface area contributed by atoms with E-state index < -0.39 is 0 Å². The summed E-state index contributed by atoms with van der Waals surface area (Å²) in [6.45, 7) is 2.81. The lowest BCUT2D eigenvalue weighted by molar-refractivity contribution is 0.0910. The first kappa shape index (κ1) is 14.9. The summed E-state index contributed by atoms with van der Waals surface area (Å²) in [6.07, 6.45) is 10.6. The summed E-state index contributed by atoms with van der Waals surface area (Å²) in [4.78, 5) is 4.17. The van der Waals surface area contributed by atoms with Crippen LogP contribution in [0.1, 0.15) is 36.8 Å². The first-order valence-electron chi connectivity index (χ1n) is 8.63. The summed E-state index contributed by atoms with van der Waals surface area (Å²) in [5, 5.41) is 8.18. The van der Waals surface area contributed by atoms with Crippen LogP contribution >= 0.6 is 0 Å². The molecule has 1 saturated carbocycles. The van der Waals surface area contributed by atoms with Gasteiger partial charge in [-0.05, 0) is 31.2 Å². The highest BCUT2D eigenvalue weighted by molar-refractivity contribution is 5.10. The van der Waals surface area contributed by atoms with Crippen LogP contribution in [-0.4, -0.2) is 38.5 Å². The summed E-state index contributed by atoms with van der Waals surface area (Å²) >= 11 is 0. The Morgan fingerprint density at radius 2 is 2.26 bits per heavy atom. The molecular formula is C17H25N5O. The quantitative estimate of drug-likeness (QED) is 0.845. The van der Waals surface area contributed by atoms with Crippen molar-refractivity contribution >= 4 is 0 Å². The summed E-state index contributed by atoms with van der Waals surface area (Å²) in [7, 11) is 2.04. The molecule has 0 amide bonds. The molecule has 3 heterocycles. The first-order valence-corrected chi connectivity index (χ1v) is 8.63. The maximum absolute atomic E-state index is 6.02. The minimum atomic E-state index is 0.128. The number of hydrogen-bond acceptors (Lipinski definition) is 4. The van der Waals surface area contributed by atoms with Crippen LogP contribution in [0.5, 0.6) is 0 Å². The van der Waals surface area contributed by atoms with Crippen LogP contribution < -0.4 is 5.32 Å². The lowest BCUT2D eigenvalue weighted by atomic mass is 10.1. The number of aromatic nitrogens is 4. The molecule has 0 bridgehead atoms. The molecule has 1 saturated heterocycles. The topological polar surface area (TPSA) is 56.9 Å². The van der Waals surface area contributed by atoms with Gasteiger partial charge < -0.3 is 14.6 Å². The van der Waals surface area contributed by atoms with Gasteiger partial charge >= 0.3 is 0 Å². The van der Waals surface area contributed by atoms with Crippen LogP contribution in [0, 0.1) is 5.92 Å². The van der Waals surface area contributed by atoms with Crippen molar-refractivity contribution < 1.29 is 4.74 Å². The normalized spacial score (nSPS) is 24.4.